The van der Waals surface area contributed by atoms with Gasteiger partial charge in [-0.1, -0.05) is 27.7 Å². The monoisotopic (exact) mass is 452 g/mol. The third kappa shape index (κ3) is 15.6. The van der Waals surface area contributed by atoms with E-state index in [1.54, 1.807) is 0 Å². The highest BCUT2D eigenvalue weighted by Crippen LogP contribution is 2.15. The van der Waals surface area contributed by atoms with E-state index < -0.39 is 0 Å². The summed E-state index contributed by atoms with van der Waals surface area (Å²) in [5.74, 6) is 3.91. The van der Waals surface area contributed by atoms with Crippen molar-refractivity contribution >= 4 is 0 Å². The van der Waals surface area contributed by atoms with Crippen LogP contribution in [0.5, 0.6) is 0 Å². The van der Waals surface area contributed by atoms with Crippen molar-refractivity contribution < 1.29 is 0 Å². The number of rotatable bonds is 0. The topological polar surface area (TPSA) is 13.0 Å². The molecule has 4 fully saturated rings. The van der Waals surface area contributed by atoms with E-state index in [1.165, 1.54) is 104 Å². The van der Waals surface area contributed by atoms with Crippen LogP contribution in [-0.2, 0) is 0 Å². The molecule has 192 valence electrons. The lowest BCUT2D eigenvalue weighted by Gasteiger charge is -2.26. The summed E-state index contributed by atoms with van der Waals surface area (Å²) in [5, 5.41) is 0. The molecule has 0 aromatic carbocycles. The highest BCUT2D eigenvalue weighted by atomic mass is 15.1. The Balaban J connectivity index is 0.000000213. The van der Waals surface area contributed by atoms with Gasteiger partial charge in [-0.2, -0.15) is 0 Å². The highest BCUT2D eigenvalue weighted by molar-refractivity contribution is 4.67. The van der Waals surface area contributed by atoms with E-state index in [4.69, 9.17) is 0 Å². The smallest absolute Gasteiger partial charge is 0.00192 e. The van der Waals surface area contributed by atoms with Crippen molar-refractivity contribution in [1.82, 2.24) is 19.6 Å². The fourth-order valence-corrected chi connectivity index (χ4v) is 4.55. The summed E-state index contributed by atoms with van der Waals surface area (Å²) in [7, 11) is 8.80. The van der Waals surface area contributed by atoms with Crippen molar-refractivity contribution in [2.24, 2.45) is 23.7 Å². The number of hydrogen-bond acceptors (Lipinski definition) is 4. The van der Waals surface area contributed by atoms with E-state index >= 15 is 0 Å². The van der Waals surface area contributed by atoms with Gasteiger partial charge in [-0.3, -0.25) is 0 Å². The lowest BCUT2D eigenvalue weighted by atomic mass is 10.00. The van der Waals surface area contributed by atoms with Crippen LogP contribution in [0.3, 0.4) is 0 Å². The SMILES string of the molecule is CC1CCN(C)CC1.CC1CCN(C)CC1.CC1CCN(C)CC1.CC1CCN(C)CC1. The lowest BCUT2D eigenvalue weighted by molar-refractivity contribution is 0.230. The van der Waals surface area contributed by atoms with Gasteiger partial charge in [0.15, 0.2) is 0 Å². The molecule has 0 radical (unpaired) electrons. The van der Waals surface area contributed by atoms with Gasteiger partial charge >= 0.3 is 0 Å². The quantitative estimate of drug-likeness (QED) is 0.488. The molecule has 0 spiro atoms. The molecule has 0 unspecified atom stereocenters. The van der Waals surface area contributed by atoms with Gasteiger partial charge in [0.1, 0.15) is 0 Å². The molecule has 0 saturated carbocycles. The Bertz CT molecular complexity index is 291. The van der Waals surface area contributed by atoms with Gasteiger partial charge in [0, 0.05) is 0 Å². The molecule has 32 heavy (non-hydrogen) atoms. The Kier molecular flexibility index (Phi) is 16.2. The molecular weight excluding hydrogens is 392 g/mol. The fourth-order valence-electron chi connectivity index (χ4n) is 4.55. The molecule has 0 aromatic heterocycles. The second-order valence-electron chi connectivity index (χ2n) is 11.9. The first kappa shape index (κ1) is 29.9. The van der Waals surface area contributed by atoms with Gasteiger partial charge in [-0.25, -0.2) is 0 Å². The van der Waals surface area contributed by atoms with Crippen LogP contribution in [-0.4, -0.2) is 100 Å². The van der Waals surface area contributed by atoms with E-state index in [-0.39, 0.29) is 0 Å². The van der Waals surface area contributed by atoms with Gasteiger partial charge in [0.25, 0.3) is 0 Å². The van der Waals surface area contributed by atoms with Gasteiger partial charge in [0.05, 0.1) is 0 Å². The van der Waals surface area contributed by atoms with Crippen LogP contribution >= 0.6 is 0 Å². The van der Waals surface area contributed by atoms with Gasteiger partial charge in [-0.05, 0) is 156 Å². The second-order valence-corrected chi connectivity index (χ2v) is 11.9. The number of piperidine rings is 4. The molecule has 4 saturated heterocycles. The molecule has 0 amide bonds. The van der Waals surface area contributed by atoms with Crippen LogP contribution in [0.25, 0.3) is 0 Å². The first-order valence-corrected chi connectivity index (χ1v) is 13.9. The number of likely N-dealkylation sites (tertiary alicyclic amines) is 4. The zero-order valence-corrected chi connectivity index (χ0v) is 23.4. The Labute approximate surface area is 203 Å². The summed E-state index contributed by atoms with van der Waals surface area (Å²) in [6.07, 6.45) is 11.2. The highest BCUT2D eigenvalue weighted by Gasteiger charge is 2.12. The zero-order chi connectivity index (χ0) is 23.9. The summed E-state index contributed by atoms with van der Waals surface area (Å²) < 4.78 is 0. The minimum Gasteiger partial charge on any atom is -0.306 e. The van der Waals surface area contributed by atoms with Crippen LogP contribution in [0.15, 0.2) is 0 Å². The molecule has 4 rings (SSSR count). The minimum absolute atomic E-state index is 0.978. The maximum Gasteiger partial charge on any atom is -0.00192 e. The fraction of sp³-hybridized carbons (Fsp3) is 1.00. The van der Waals surface area contributed by atoms with Gasteiger partial charge in [-0.15, -0.1) is 0 Å². The normalized spacial score (nSPS) is 26.2. The first-order valence-electron chi connectivity index (χ1n) is 13.9. The van der Waals surface area contributed by atoms with Crippen LogP contribution in [0.2, 0.25) is 0 Å². The zero-order valence-electron chi connectivity index (χ0n) is 23.4. The summed E-state index contributed by atoms with van der Waals surface area (Å²) in [6, 6.07) is 0. The lowest BCUT2D eigenvalue weighted by Crippen LogP contribution is -2.28. The molecule has 0 bridgehead atoms. The van der Waals surface area contributed by atoms with Crippen molar-refractivity contribution in [3.8, 4) is 0 Å². The van der Waals surface area contributed by atoms with Gasteiger partial charge < -0.3 is 19.6 Å². The van der Waals surface area contributed by atoms with Gasteiger partial charge in [0.2, 0.25) is 0 Å². The molecule has 0 aliphatic carbocycles. The van der Waals surface area contributed by atoms with Crippen LogP contribution in [0.1, 0.15) is 79.1 Å². The molecular formula is C28H60N4. The molecule has 0 aromatic rings. The maximum atomic E-state index is 2.40. The summed E-state index contributed by atoms with van der Waals surface area (Å²) in [6.45, 7) is 19.8. The van der Waals surface area contributed by atoms with E-state index in [9.17, 15) is 0 Å². The Morgan fingerprint density at radius 3 is 0.531 bits per heavy atom. The van der Waals surface area contributed by atoms with Crippen LogP contribution in [0.4, 0.5) is 0 Å². The van der Waals surface area contributed by atoms with Crippen LogP contribution < -0.4 is 0 Å². The molecule has 0 N–H and O–H groups in total. The Morgan fingerprint density at radius 1 is 0.312 bits per heavy atom. The van der Waals surface area contributed by atoms with Crippen molar-refractivity contribution in [3.05, 3.63) is 0 Å². The predicted molar refractivity (Wildman–Crippen MR) is 144 cm³/mol. The predicted octanol–water partition coefficient (Wildman–Crippen LogP) is 5.39. The largest absolute Gasteiger partial charge is 0.306 e. The molecule has 4 aliphatic heterocycles. The Hall–Kier alpha value is -0.160. The average molecular weight is 453 g/mol. The Morgan fingerprint density at radius 2 is 0.438 bits per heavy atom. The van der Waals surface area contributed by atoms with Crippen molar-refractivity contribution in [3.63, 3.8) is 0 Å². The van der Waals surface area contributed by atoms with E-state index in [0.29, 0.717) is 0 Å². The summed E-state index contributed by atoms with van der Waals surface area (Å²) in [4.78, 5) is 9.61. The maximum absolute atomic E-state index is 2.40. The molecule has 4 heterocycles. The van der Waals surface area contributed by atoms with E-state index in [2.05, 4.69) is 75.5 Å². The minimum atomic E-state index is 0.978. The van der Waals surface area contributed by atoms with Crippen molar-refractivity contribution in [1.29, 1.82) is 0 Å². The third-order valence-corrected chi connectivity index (χ3v) is 8.03. The van der Waals surface area contributed by atoms with E-state index in [1.807, 2.05) is 0 Å². The third-order valence-electron chi connectivity index (χ3n) is 8.03. The first-order chi connectivity index (χ1) is 15.2. The van der Waals surface area contributed by atoms with E-state index in [0.717, 1.165) is 23.7 Å². The van der Waals surface area contributed by atoms with Crippen LogP contribution in [0, 0.1) is 23.7 Å². The molecule has 4 nitrogen and oxygen atoms in total. The molecule has 4 heteroatoms. The standard InChI is InChI=1S/4C7H15N/c4*1-7-3-5-8(2)6-4-7/h4*7H,3-6H2,1-2H3. The number of hydrogen-bond donors (Lipinski definition) is 0. The van der Waals surface area contributed by atoms with Crippen molar-refractivity contribution in [2.75, 3.05) is 80.5 Å². The second kappa shape index (κ2) is 17.3. The molecule has 4 aliphatic rings. The summed E-state index contributed by atoms with van der Waals surface area (Å²) >= 11 is 0. The number of nitrogens with zero attached hydrogens (tertiary/aromatic N) is 4. The van der Waals surface area contributed by atoms with Crippen molar-refractivity contribution in [2.45, 2.75) is 79.1 Å². The summed E-state index contributed by atoms with van der Waals surface area (Å²) in [5.41, 5.74) is 0. The average Bonchev–Trinajstić information content (AvgIpc) is 2.78. The molecule has 0 atom stereocenters.